The number of urea groups is 1. The van der Waals surface area contributed by atoms with Gasteiger partial charge in [-0.05, 0) is 102 Å². The van der Waals surface area contributed by atoms with E-state index in [1.165, 1.54) is 30.3 Å². The fourth-order valence-corrected chi connectivity index (χ4v) is 4.62. The number of carbonyl (C=O) groups is 4. The molecule has 3 aromatic carbocycles. The van der Waals surface area contributed by atoms with Crippen LogP contribution in [-0.2, 0) is 14.4 Å². The van der Waals surface area contributed by atoms with Crippen LogP contribution < -0.4 is 25.0 Å². The van der Waals surface area contributed by atoms with Crippen LogP contribution in [0.4, 0.5) is 16.2 Å². The van der Waals surface area contributed by atoms with Crippen LogP contribution in [0.15, 0.2) is 66.2 Å². The normalized spacial score (nSPS) is 14.3. The first-order valence-corrected chi connectivity index (χ1v) is 13.3. The van der Waals surface area contributed by atoms with Gasteiger partial charge in [0.25, 0.3) is 17.7 Å². The molecule has 200 valence electrons. The van der Waals surface area contributed by atoms with E-state index in [0.29, 0.717) is 43.0 Å². The second-order valence-electron chi connectivity index (χ2n) is 8.04. The van der Waals surface area contributed by atoms with Gasteiger partial charge in [-0.1, -0.05) is 23.2 Å². The fourth-order valence-electron chi connectivity index (χ4n) is 3.59. The molecule has 0 atom stereocenters. The smallest absolute Gasteiger partial charge is 0.335 e. The Labute approximate surface area is 247 Å². The number of ether oxygens (including phenoxy) is 2. The third kappa shape index (κ3) is 6.88. The average molecular weight is 680 g/mol. The molecule has 3 aromatic rings. The maximum Gasteiger partial charge on any atom is 0.335 e. The number of hydrogen-bond acceptors (Lipinski definition) is 6. The summed E-state index contributed by atoms with van der Waals surface area (Å²) < 4.78 is 12.0. The molecule has 1 heterocycles. The Kier molecular flexibility index (Phi) is 9.10. The molecule has 1 fully saturated rings. The summed E-state index contributed by atoms with van der Waals surface area (Å²) in [5.74, 6) is -1.38. The highest BCUT2D eigenvalue weighted by Crippen LogP contribution is 2.35. The SMILES string of the molecule is CCOc1cc(/C=C2\C(=O)NC(=O)N(c3ccc(Cl)cc3)C2=O)cc(I)c1OCC(=O)Nc1ccc(Cl)cc1. The molecule has 0 radical (unpaired) electrons. The van der Waals surface area contributed by atoms with Crippen molar-refractivity contribution in [1.29, 1.82) is 0 Å². The third-order valence-electron chi connectivity index (χ3n) is 5.30. The number of nitrogens with zero attached hydrogens (tertiary/aromatic N) is 1. The van der Waals surface area contributed by atoms with E-state index in [1.54, 1.807) is 43.3 Å². The molecule has 4 rings (SSSR count). The van der Waals surface area contributed by atoms with Gasteiger partial charge in [-0.15, -0.1) is 0 Å². The number of anilines is 2. The second kappa shape index (κ2) is 12.5. The lowest BCUT2D eigenvalue weighted by molar-refractivity contribution is -0.122. The van der Waals surface area contributed by atoms with Crippen LogP contribution in [0.2, 0.25) is 10.0 Å². The van der Waals surface area contributed by atoms with E-state index in [0.717, 1.165) is 4.90 Å². The van der Waals surface area contributed by atoms with Crippen molar-refractivity contribution in [2.24, 2.45) is 0 Å². The molecule has 5 amide bonds. The Morgan fingerprint density at radius 3 is 2.28 bits per heavy atom. The van der Waals surface area contributed by atoms with E-state index in [2.05, 4.69) is 10.6 Å². The van der Waals surface area contributed by atoms with E-state index < -0.39 is 23.8 Å². The maximum absolute atomic E-state index is 13.2. The molecule has 1 aliphatic rings. The Hall–Kier alpha value is -3.61. The molecule has 0 spiro atoms. The van der Waals surface area contributed by atoms with Crippen LogP contribution in [0, 0.1) is 3.57 Å². The molecular weight excluding hydrogens is 660 g/mol. The lowest BCUT2D eigenvalue weighted by Gasteiger charge is -2.26. The number of rotatable bonds is 8. The topological polar surface area (TPSA) is 114 Å². The van der Waals surface area contributed by atoms with Gasteiger partial charge in [-0.25, -0.2) is 9.69 Å². The van der Waals surface area contributed by atoms with E-state index in [1.807, 2.05) is 22.6 Å². The third-order valence-corrected chi connectivity index (χ3v) is 6.61. The van der Waals surface area contributed by atoms with Gasteiger partial charge in [0.05, 0.1) is 15.9 Å². The highest BCUT2D eigenvalue weighted by atomic mass is 127. The number of nitrogens with one attached hydrogen (secondary N) is 2. The van der Waals surface area contributed by atoms with E-state index in [4.69, 9.17) is 32.7 Å². The van der Waals surface area contributed by atoms with Crippen LogP contribution in [0.3, 0.4) is 0 Å². The highest BCUT2D eigenvalue weighted by molar-refractivity contribution is 14.1. The lowest BCUT2D eigenvalue weighted by atomic mass is 10.1. The minimum atomic E-state index is -0.866. The number of barbiturate groups is 1. The molecule has 0 saturated carbocycles. The van der Waals surface area contributed by atoms with Gasteiger partial charge >= 0.3 is 6.03 Å². The number of amides is 5. The molecule has 0 aliphatic carbocycles. The van der Waals surface area contributed by atoms with Crippen molar-refractivity contribution < 1.29 is 28.7 Å². The van der Waals surface area contributed by atoms with Gasteiger partial charge in [0.2, 0.25) is 0 Å². The van der Waals surface area contributed by atoms with Gasteiger partial charge in [0, 0.05) is 15.7 Å². The minimum absolute atomic E-state index is 0.251. The summed E-state index contributed by atoms with van der Waals surface area (Å²) in [5, 5.41) is 5.87. The number of hydrogen-bond donors (Lipinski definition) is 2. The maximum atomic E-state index is 13.2. The number of carbonyl (C=O) groups excluding carboxylic acids is 4. The molecule has 12 heteroatoms. The molecule has 0 unspecified atom stereocenters. The Bertz CT molecular complexity index is 1480. The van der Waals surface area contributed by atoms with Gasteiger partial charge < -0.3 is 14.8 Å². The van der Waals surface area contributed by atoms with Crippen molar-refractivity contribution in [3.05, 3.63) is 85.4 Å². The molecule has 9 nitrogen and oxygen atoms in total. The largest absolute Gasteiger partial charge is 0.490 e. The summed E-state index contributed by atoms with van der Waals surface area (Å²) in [6.07, 6.45) is 1.36. The van der Waals surface area contributed by atoms with Crippen LogP contribution in [-0.4, -0.2) is 37.0 Å². The summed E-state index contributed by atoms with van der Waals surface area (Å²) in [7, 11) is 0. The summed E-state index contributed by atoms with van der Waals surface area (Å²) in [6, 6.07) is 15.1. The van der Waals surface area contributed by atoms with Crippen molar-refractivity contribution in [3.63, 3.8) is 0 Å². The van der Waals surface area contributed by atoms with Crippen molar-refractivity contribution in [3.8, 4) is 11.5 Å². The van der Waals surface area contributed by atoms with E-state index in [-0.39, 0.29) is 17.9 Å². The highest BCUT2D eigenvalue weighted by Gasteiger charge is 2.36. The Morgan fingerprint density at radius 1 is 1.00 bits per heavy atom. The zero-order valence-corrected chi connectivity index (χ0v) is 24.0. The van der Waals surface area contributed by atoms with E-state index >= 15 is 0 Å². The average Bonchev–Trinajstić information content (AvgIpc) is 2.88. The van der Waals surface area contributed by atoms with Crippen molar-refractivity contribution >= 4 is 87.0 Å². The molecular formula is C27H20Cl2IN3O6. The fraction of sp³-hybridized carbons (Fsp3) is 0.111. The molecule has 39 heavy (non-hydrogen) atoms. The van der Waals surface area contributed by atoms with Gasteiger partial charge in [0.15, 0.2) is 18.1 Å². The number of benzene rings is 3. The minimum Gasteiger partial charge on any atom is -0.490 e. The van der Waals surface area contributed by atoms with Crippen molar-refractivity contribution in [2.45, 2.75) is 6.92 Å². The predicted molar refractivity (Wildman–Crippen MR) is 156 cm³/mol. The summed E-state index contributed by atoms with van der Waals surface area (Å²) in [6.45, 7) is 1.78. The first kappa shape index (κ1) is 28.4. The Balaban J connectivity index is 1.57. The first-order chi connectivity index (χ1) is 18.7. The number of halogens is 3. The van der Waals surface area contributed by atoms with Gasteiger partial charge in [-0.3, -0.25) is 19.7 Å². The first-order valence-electron chi connectivity index (χ1n) is 11.5. The monoisotopic (exact) mass is 679 g/mol. The molecule has 0 bridgehead atoms. The van der Waals surface area contributed by atoms with E-state index in [9.17, 15) is 19.2 Å². The predicted octanol–water partition coefficient (Wildman–Crippen LogP) is 5.68. The molecule has 1 saturated heterocycles. The zero-order chi connectivity index (χ0) is 28.1. The second-order valence-corrected chi connectivity index (χ2v) is 10.1. The van der Waals surface area contributed by atoms with Crippen LogP contribution >= 0.6 is 45.8 Å². The lowest BCUT2D eigenvalue weighted by Crippen LogP contribution is -2.54. The van der Waals surface area contributed by atoms with Gasteiger partial charge in [0.1, 0.15) is 5.57 Å². The van der Waals surface area contributed by atoms with Crippen molar-refractivity contribution in [1.82, 2.24) is 5.32 Å². The van der Waals surface area contributed by atoms with Crippen LogP contribution in [0.5, 0.6) is 11.5 Å². The molecule has 0 aromatic heterocycles. The van der Waals surface area contributed by atoms with Crippen molar-refractivity contribution in [2.75, 3.05) is 23.4 Å². The zero-order valence-electron chi connectivity index (χ0n) is 20.3. The summed E-state index contributed by atoms with van der Waals surface area (Å²) in [4.78, 5) is 51.4. The summed E-state index contributed by atoms with van der Waals surface area (Å²) in [5.41, 5.74) is 1.02. The molecule has 1 aliphatic heterocycles. The standard InChI is InChI=1S/C27H20Cl2IN3O6/c1-2-38-22-13-15(12-21(30)24(22)39-14-23(34)31-18-7-3-16(28)4-8-18)11-20-25(35)32-27(37)33(26(20)36)19-9-5-17(29)6-10-19/h3-13H,2,14H2,1H3,(H,31,34)(H,32,35,37)/b20-11+. The number of imide groups is 2. The summed E-state index contributed by atoms with van der Waals surface area (Å²) >= 11 is 13.8. The van der Waals surface area contributed by atoms with Crippen LogP contribution in [0.25, 0.3) is 6.08 Å². The Morgan fingerprint density at radius 2 is 1.64 bits per heavy atom. The van der Waals surface area contributed by atoms with Gasteiger partial charge in [-0.2, -0.15) is 0 Å². The quantitative estimate of drug-likeness (QED) is 0.180. The van der Waals surface area contributed by atoms with Crippen LogP contribution in [0.1, 0.15) is 12.5 Å². The molecule has 2 N–H and O–H groups in total.